The van der Waals surface area contributed by atoms with E-state index in [0.717, 1.165) is 48.4 Å². The van der Waals surface area contributed by atoms with E-state index in [1.54, 1.807) is 31.8 Å². The Morgan fingerprint density at radius 2 is 1.86 bits per heavy atom. The summed E-state index contributed by atoms with van der Waals surface area (Å²) in [4.78, 5) is 15.7. The molecule has 7 nitrogen and oxygen atoms in total. The molecule has 1 saturated carbocycles. The number of sulfonamides is 1. The number of anilines is 2. The highest BCUT2D eigenvalue weighted by Gasteiger charge is 2.52. The Bertz CT molecular complexity index is 1200. The number of para-hydroxylation sites is 1. The first-order chi connectivity index (χ1) is 17.8. The molecule has 1 heterocycles. The summed E-state index contributed by atoms with van der Waals surface area (Å²) in [5, 5.41) is 0. The first-order valence-corrected chi connectivity index (χ1v) is 15.6. The third-order valence-electron chi connectivity index (χ3n) is 7.21. The summed E-state index contributed by atoms with van der Waals surface area (Å²) >= 11 is 1.61. The molecule has 1 fully saturated rings. The lowest BCUT2D eigenvalue weighted by Crippen LogP contribution is -2.40. The van der Waals surface area contributed by atoms with Gasteiger partial charge in [0.1, 0.15) is 22.7 Å². The molecule has 1 atom stereocenters. The molecular formula is C28H38N2O5S2. The molecule has 9 heteroatoms. The minimum absolute atomic E-state index is 0.164. The number of carbonyl (C=O) groups excluding carboxylic acids is 1. The van der Waals surface area contributed by atoms with Crippen molar-refractivity contribution >= 4 is 39.1 Å². The van der Waals surface area contributed by atoms with Crippen molar-refractivity contribution in [3.63, 3.8) is 0 Å². The second-order valence-corrected chi connectivity index (χ2v) is 13.0. The van der Waals surface area contributed by atoms with Crippen LogP contribution in [0, 0.1) is 5.41 Å². The Morgan fingerprint density at radius 3 is 2.49 bits per heavy atom. The molecule has 0 spiro atoms. The Morgan fingerprint density at radius 1 is 1.14 bits per heavy atom. The van der Waals surface area contributed by atoms with Crippen LogP contribution >= 0.6 is 11.8 Å². The van der Waals surface area contributed by atoms with Crippen LogP contribution in [0.25, 0.3) is 0 Å². The number of hydrogen-bond donors (Lipinski definition) is 0. The van der Waals surface area contributed by atoms with Gasteiger partial charge in [0, 0.05) is 31.4 Å². The average molecular weight is 547 g/mol. The fraction of sp³-hybridized carbons (Fsp3) is 0.536. The molecule has 2 aliphatic rings. The maximum atomic E-state index is 14.0. The van der Waals surface area contributed by atoms with Crippen LogP contribution in [0.5, 0.6) is 5.75 Å². The topological polar surface area (TPSA) is 76.1 Å². The van der Waals surface area contributed by atoms with Crippen molar-refractivity contribution in [3.8, 4) is 5.75 Å². The Hall–Kier alpha value is -2.23. The molecule has 2 aromatic rings. The van der Waals surface area contributed by atoms with Gasteiger partial charge in [-0.2, -0.15) is 4.31 Å². The normalized spacial score (nSPS) is 20.1. The predicted octanol–water partition coefficient (Wildman–Crippen LogP) is 5.85. The van der Waals surface area contributed by atoms with Crippen molar-refractivity contribution < 1.29 is 22.7 Å². The Kier molecular flexibility index (Phi) is 8.76. The molecule has 4 rings (SSSR count). The molecule has 202 valence electrons. The van der Waals surface area contributed by atoms with Crippen molar-refractivity contribution in [2.24, 2.45) is 5.41 Å². The molecule has 0 radical (unpaired) electrons. The van der Waals surface area contributed by atoms with E-state index in [0.29, 0.717) is 24.6 Å². The quantitative estimate of drug-likeness (QED) is 0.258. The minimum Gasteiger partial charge on any atom is -0.491 e. The molecular weight excluding hydrogens is 508 g/mol. The van der Waals surface area contributed by atoms with Crippen LogP contribution in [-0.2, 0) is 19.6 Å². The summed E-state index contributed by atoms with van der Waals surface area (Å²) in [5.41, 5.74) is 0.983. The highest BCUT2D eigenvalue weighted by Crippen LogP contribution is 2.49. The highest BCUT2D eigenvalue weighted by molar-refractivity contribution is 7.99. The van der Waals surface area contributed by atoms with Crippen molar-refractivity contribution in [2.75, 3.05) is 37.5 Å². The number of likely N-dealkylation sites (N-methyl/N-ethyl adjacent to an activating group) is 1. The summed E-state index contributed by atoms with van der Waals surface area (Å²) in [6, 6.07) is 13.4. The van der Waals surface area contributed by atoms with Crippen molar-refractivity contribution in [1.29, 1.82) is 0 Å². The molecule has 2 aromatic carbocycles. The lowest BCUT2D eigenvalue weighted by Gasteiger charge is -2.29. The zero-order valence-electron chi connectivity index (χ0n) is 22.2. The molecule has 0 amide bonds. The van der Waals surface area contributed by atoms with Crippen LogP contribution in [0.3, 0.4) is 0 Å². The number of carbonyl (C=O) groups is 1. The van der Waals surface area contributed by atoms with Gasteiger partial charge in [-0.3, -0.25) is 4.79 Å². The van der Waals surface area contributed by atoms with Gasteiger partial charge in [-0.25, -0.2) is 8.42 Å². The van der Waals surface area contributed by atoms with Gasteiger partial charge >= 0.3 is 5.97 Å². The second kappa shape index (κ2) is 11.7. The van der Waals surface area contributed by atoms with Crippen LogP contribution in [0.2, 0.25) is 0 Å². The number of ether oxygens (including phenoxy) is 2. The molecule has 0 bridgehead atoms. The third kappa shape index (κ3) is 5.78. The van der Waals surface area contributed by atoms with E-state index < -0.39 is 15.4 Å². The fourth-order valence-corrected chi connectivity index (χ4v) is 7.06. The summed E-state index contributed by atoms with van der Waals surface area (Å²) in [7, 11) is -2.10. The Labute approximate surface area is 225 Å². The predicted molar refractivity (Wildman–Crippen MR) is 148 cm³/mol. The van der Waals surface area contributed by atoms with Gasteiger partial charge in [-0.05, 0) is 50.1 Å². The molecule has 37 heavy (non-hydrogen) atoms. The minimum atomic E-state index is -3.78. The summed E-state index contributed by atoms with van der Waals surface area (Å²) in [5.74, 6) is 1.06. The van der Waals surface area contributed by atoms with E-state index in [1.165, 1.54) is 4.31 Å². The number of hydrogen-bond acceptors (Lipinski definition) is 7. The smallest absolute Gasteiger partial charge is 0.315 e. The zero-order chi connectivity index (χ0) is 26.6. The van der Waals surface area contributed by atoms with E-state index in [-0.39, 0.29) is 23.5 Å². The van der Waals surface area contributed by atoms with Crippen molar-refractivity contribution in [3.05, 3.63) is 42.5 Å². The molecule has 1 aliphatic carbocycles. The number of thioether (sulfide) groups is 1. The van der Waals surface area contributed by atoms with Gasteiger partial charge in [0.05, 0.1) is 17.2 Å². The monoisotopic (exact) mass is 546 g/mol. The summed E-state index contributed by atoms with van der Waals surface area (Å²) in [6.07, 6.45) is 4.17. The van der Waals surface area contributed by atoms with E-state index in [2.05, 4.69) is 18.7 Å². The van der Waals surface area contributed by atoms with Gasteiger partial charge < -0.3 is 14.4 Å². The number of esters is 1. The lowest BCUT2D eigenvalue weighted by molar-refractivity contribution is -0.150. The zero-order valence-corrected chi connectivity index (χ0v) is 23.9. The highest BCUT2D eigenvalue weighted by atomic mass is 32.2. The second-order valence-electron chi connectivity index (χ2n) is 9.75. The van der Waals surface area contributed by atoms with Crippen molar-refractivity contribution in [1.82, 2.24) is 4.31 Å². The van der Waals surface area contributed by atoms with Crippen LogP contribution in [0.1, 0.15) is 52.9 Å². The van der Waals surface area contributed by atoms with Crippen LogP contribution in [0.4, 0.5) is 11.4 Å². The SMILES string of the molecule is CCCCC1CN(c2ccccc2)c2cc(SCC)c(OCC3(C(=O)OCC)CC3)cc2S(=O)(=O)N1C. The molecule has 0 aromatic heterocycles. The fourth-order valence-electron chi connectivity index (χ4n) is 4.73. The largest absolute Gasteiger partial charge is 0.491 e. The van der Waals surface area contributed by atoms with Gasteiger partial charge in [0.2, 0.25) is 10.0 Å². The van der Waals surface area contributed by atoms with E-state index >= 15 is 0 Å². The molecule has 1 aliphatic heterocycles. The maximum absolute atomic E-state index is 14.0. The molecule has 0 saturated heterocycles. The van der Waals surface area contributed by atoms with Gasteiger partial charge in [-0.1, -0.05) is 44.9 Å². The van der Waals surface area contributed by atoms with Crippen LogP contribution in [-0.4, -0.2) is 57.3 Å². The summed E-state index contributed by atoms with van der Waals surface area (Å²) in [6.45, 7) is 7.05. The van der Waals surface area contributed by atoms with Gasteiger partial charge in [0.25, 0.3) is 0 Å². The average Bonchev–Trinajstić information content (AvgIpc) is 3.70. The van der Waals surface area contributed by atoms with Gasteiger partial charge in [-0.15, -0.1) is 11.8 Å². The van der Waals surface area contributed by atoms with Crippen LogP contribution < -0.4 is 9.64 Å². The van der Waals surface area contributed by atoms with E-state index in [1.807, 2.05) is 36.4 Å². The first-order valence-electron chi connectivity index (χ1n) is 13.2. The van der Waals surface area contributed by atoms with E-state index in [9.17, 15) is 13.2 Å². The lowest BCUT2D eigenvalue weighted by atomic mass is 10.1. The van der Waals surface area contributed by atoms with Crippen molar-refractivity contribution in [2.45, 2.75) is 68.7 Å². The number of rotatable bonds is 11. The first kappa shape index (κ1) is 27.8. The number of fused-ring (bicyclic) bond motifs is 1. The van der Waals surface area contributed by atoms with Gasteiger partial charge in [0.15, 0.2) is 0 Å². The summed E-state index contributed by atoms with van der Waals surface area (Å²) < 4.78 is 41.0. The maximum Gasteiger partial charge on any atom is 0.315 e. The molecule has 0 N–H and O–H groups in total. The number of benzene rings is 2. The van der Waals surface area contributed by atoms with Crippen LogP contribution in [0.15, 0.2) is 52.3 Å². The standard InChI is InChI=1S/C28H38N2O5S2/c1-5-8-12-22-19-30(21-13-10-9-11-14-21)23-17-25(36-7-3)24(18-26(23)37(32,33)29(22)4)35-20-28(15-16-28)27(31)34-6-2/h9-11,13-14,17-18,22H,5-8,12,15-16,19-20H2,1-4H3. The molecule has 1 unspecified atom stereocenters. The van der Waals surface area contributed by atoms with E-state index in [4.69, 9.17) is 9.47 Å². The number of nitrogens with zero attached hydrogens (tertiary/aromatic N) is 2. The Balaban J connectivity index is 1.79. The number of unbranched alkanes of at least 4 members (excludes halogenated alkanes) is 1. The third-order valence-corrected chi connectivity index (χ3v) is 10.1.